The summed E-state index contributed by atoms with van der Waals surface area (Å²) in [5.74, 6) is -0.736. The number of fused-ring (bicyclic) bond motifs is 1. The molecule has 3 amide bonds. The van der Waals surface area contributed by atoms with Crippen molar-refractivity contribution in [2.45, 2.75) is 52.1 Å². The number of benzene rings is 1. The van der Waals surface area contributed by atoms with Crippen molar-refractivity contribution in [3.05, 3.63) is 30.0 Å². The maximum absolute atomic E-state index is 13.2. The molecule has 4 N–H and O–H groups in total. The van der Waals surface area contributed by atoms with Crippen molar-refractivity contribution in [2.24, 2.45) is 17.8 Å². The molecule has 182 valence electrons. The number of carbonyl (C=O) groups is 3. The molecule has 0 bridgehead atoms. The lowest BCUT2D eigenvalue weighted by atomic mass is 9.90. The molecule has 2 heterocycles. The van der Waals surface area contributed by atoms with Crippen LogP contribution >= 0.6 is 0 Å². The number of carbonyl (C=O) groups excluding carboxylic acids is 3. The first kappa shape index (κ1) is 25.1. The van der Waals surface area contributed by atoms with Crippen LogP contribution in [0.5, 0.6) is 5.75 Å². The normalized spacial score (nSPS) is 18.1. The summed E-state index contributed by atoms with van der Waals surface area (Å²) in [7, 11) is 1.57. The number of H-pyrrole nitrogens is 1. The predicted molar refractivity (Wildman–Crippen MR) is 128 cm³/mol. The summed E-state index contributed by atoms with van der Waals surface area (Å²) in [6.45, 7) is 6.27. The van der Waals surface area contributed by atoms with Crippen molar-refractivity contribution in [2.75, 3.05) is 13.7 Å². The monoisotopic (exact) mass is 467 g/mol. The lowest BCUT2D eigenvalue weighted by Gasteiger charge is -2.27. The van der Waals surface area contributed by atoms with E-state index in [4.69, 9.17) is 4.74 Å². The number of nitrogens with one attached hydrogen (secondary N) is 4. The van der Waals surface area contributed by atoms with E-state index in [0.717, 1.165) is 10.9 Å². The van der Waals surface area contributed by atoms with Gasteiger partial charge in [-0.3, -0.25) is 14.4 Å². The van der Waals surface area contributed by atoms with Crippen molar-refractivity contribution in [3.63, 3.8) is 0 Å². The van der Waals surface area contributed by atoms with Crippen LogP contribution in [0.1, 0.15) is 50.5 Å². The SMILES string of the molecule is COc1cccc2[nH]c(C(=O)N[C@@H](CC(C)C)C(=O)N[C@@H](C[C@@H]3CCNC3=O)C(C)C#N)cc12. The minimum absolute atomic E-state index is 0.0503. The third kappa shape index (κ3) is 5.87. The zero-order valence-corrected chi connectivity index (χ0v) is 20.1. The summed E-state index contributed by atoms with van der Waals surface area (Å²) in [4.78, 5) is 41.4. The fourth-order valence-electron chi connectivity index (χ4n) is 4.30. The maximum atomic E-state index is 13.2. The van der Waals surface area contributed by atoms with Crippen LogP contribution in [-0.2, 0) is 9.59 Å². The number of hydrogen-bond donors (Lipinski definition) is 4. The summed E-state index contributed by atoms with van der Waals surface area (Å²) in [5.41, 5.74) is 1.08. The Hall–Kier alpha value is -3.54. The number of aromatic nitrogens is 1. The van der Waals surface area contributed by atoms with E-state index in [9.17, 15) is 19.6 Å². The number of ether oxygens (including phenoxy) is 1. The van der Waals surface area contributed by atoms with Gasteiger partial charge in [0.15, 0.2) is 0 Å². The summed E-state index contributed by atoms with van der Waals surface area (Å²) in [6, 6.07) is 8.10. The molecule has 2 aromatic rings. The molecule has 0 saturated carbocycles. The molecule has 0 radical (unpaired) electrons. The van der Waals surface area contributed by atoms with Gasteiger partial charge in [0.05, 0.1) is 19.1 Å². The Morgan fingerprint density at radius 3 is 2.65 bits per heavy atom. The summed E-state index contributed by atoms with van der Waals surface area (Å²) in [6.07, 6.45) is 1.49. The highest BCUT2D eigenvalue weighted by Gasteiger charge is 2.32. The van der Waals surface area contributed by atoms with E-state index in [1.54, 1.807) is 20.1 Å². The zero-order chi connectivity index (χ0) is 24.8. The van der Waals surface area contributed by atoms with Crippen LogP contribution in [0.15, 0.2) is 24.3 Å². The standard InChI is InChI=1S/C25H33N5O4/c1-14(2)10-20(24(32)29-19(15(3)13-26)11-16-8-9-27-23(16)31)30-25(33)21-12-17-18(28-21)6-5-7-22(17)34-4/h5-7,12,14-16,19-20,28H,8-11H2,1-4H3,(H,27,31)(H,29,32)(H,30,33)/t15?,16-,19-,20-/m0/s1. The second-order valence-electron chi connectivity index (χ2n) is 9.31. The molecule has 9 nitrogen and oxygen atoms in total. The quantitative estimate of drug-likeness (QED) is 0.426. The molecule has 1 aromatic heterocycles. The second-order valence-corrected chi connectivity index (χ2v) is 9.31. The summed E-state index contributed by atoms with van der Waals surface area (Å²) >= 11 is 0. The fourth-order valence-corrected chi connectivity index (χ4v) is 4.30. The van der Waals surface area contributed by atoms with Gasteiger partial charge in [-0.2, -0.15) is 5.26 Å². The maximum Gasteiger partial charge on any atom is 0.268 e. The van der Waals surface area contributed by atoms with E-state index in [-0.39, 0.29) is 23.7 Å². The van der Waals surface area contributed by atoms with Gasteiger partial charge in [0.2, 0.25) is 11.8 Å². The van der Waals surface area contributed by atoms with Gasteiger partial charge in [0.1, 0.15) is 17.5 Å². The Labute approximate surface area is 199 Å². The summed E-state index contributed by atoms with van der Waals surface area (Å²) < 4.78 is 5.36. The van der Waals surface area contributed by atoms with Crippen molar-refractivity contribution in [1.29, 1.82) is 5.26 Å². The van der Waals surface area contributed by atoms with E-state index >= 15 is 0 Å². The Bertz CT molecular complexity index is 1090. The first-order chi connectivity index (χ1) is 16.2. The highest BCUT2D eigenvalue weighted by molar-refractivity contribution is 6.01. The number of amides is 3. The van der Waals surface area contributed by atoms with Crippen molar-refractivity contribution in [3.8, 4) is 11.8 Å². The number of rotatable bonds is 10. The van der Waals surface area contributed by atoms with Gasteiger partial charge in [0.25, 0.3) is 5.91 Å². The molecule has 1 aliphatic rings. The van der Waals surface area contributed by atoms with Crippen molar-refractivity contribution >= 4 is 28.6 Å². The Morgan fingerprint density at radius 1 is 1.26 bits per heavy atom. The number of methoxy groups -OCH3 is 1. The van der Waals surface area contributed by atoms with Crippen LogP contribution in [0.4, 0.5) is 0 Å². The average molecular weight is 468 g/mol. The van der Waals surface area contributed by atoms with Crippen LogP contribution in [0, 0.1) is 29.1 Å². The molecular formula is C25H33N5O4. The highest BCUT2D eigenvalue weighted by Crippen LogP contribution is 2.26. The number of nitriles is 1. The highest BCUT2D eigenvalue weighted by atomic mass is 16.5. The molecule has 1 aromatic carbocycles. The summed E-state index contributed by atoms with van der Waals surface area (Å²) in [5, 5.41) is 18.8. The molecule has 1 unspecified atom stereocenters. The largest absolute Gasteiger partial charge is 0.496 e. The first-order valence-corrected chi connectivity index (χ1v) is 11.7. The van der Waals surface area contributed by atoms with E-state index < -0.39 is 23.9 Å². The molecule has 1 fully saturated rings. The smallest absolute Gasteiger partial charge is 0.268 e. The van der Waals surface area contributed by atoms with Gasteiger partial charge in [-0.25, -0.2) is 0 Å². The third-order valence-electron chi connectivity index (χ3n) is 6.25. The van der Waals surface area contributed by atoms with Gasteiger partial charge in [-0.1, -0.05) is 19.9 Å². The van der Waals surface area contributed by atoms with Crippen LogP contribution in [0.25, 0.3) is 10.9 Å². The Kier molecular flexibility index (Phi) is 8.16. The molecule has 1 aliphatic heterocycles. The number of hydrogen-bond acceptors (Lipinski definition) is 5. The molecule has 0 aliphatic carbocycles. The second kappa shape index (κ2) is 11.1. The van der Waals surface area contributed by atoms with E-state index in [1.807, 2.05) is 32.0 Å². The lowest BCUT2D eigenvalue weighted by molar-refractivity contribution is -0.126. The topological polar surface area (TPSA) is 136 Å². The van der Waals surface area contributed by atoms with Crippen LogP contribution in [-0.4, -0.2) is 48.4 Å². The van der Waals surface area contributed by atoms with Gasteiger partial charge >= 0.3 is 0 Å². The van der Waals surface area contributed by atoms with E-state index in [1.165, 1.54) is 0 Å². The minimum atomic E-state index is -0.786. The van der Waals surface area contributed by atoms with Crippen LogP contribution < -0.4 is 20.7 Å². The molecular weight excluding hydrogens is 434 g/mol. The predicted octanol–water partition coefficient (Wildman–Crippen LogP) is 2.49. The molecule has 1 saturated heterocycles. The fraction of sp³-hybridized carbons (Fsp3) is 0.520. The van der Waals surface area contributed by atoms with Gasteiger partial charge in [0, 0.05) is 29.4 Å². The van der Waals surface area contributed by atoms with Crippen LogP contribution in [0.2, 0.25) is 0 Å². The Balaban J connectivity index is 1.75. The molecule has 34 heavy (non-hydrogen) atoms. The lowest BCUT2D eigenvalue weighted by Crippen LogP contribution is -2.52. The average Bonchev–Trinajstić information content (AvgIpc) is 3.43. The third-order valence-corrected chi connectivity index (χ3v) is 6.25. The molecule has 9 heteroatoms. The Morgan fingerprint density at radius 2 is 2.03 bits per heavy atom. The van der Waals surface area contributed by atoms with Crippen LogP contribution in [0.3, 0.4) is 0 Å². The van der Waals surface area contributed by atoms with Gasteiger partial charge in [-0.15, -0.1) is 0 Å². The molecule has 0 spiro atoms. The molecule has 3 rings (SSSR count). The number of nitrogens with zero attached hydrogens (tertiary/aromatic N) is 1. The van der Waals surface area contributed by atoms with E-state index in [2.05, 4.69) is 27.0 Å². The van der Waals surface area contributed by atoms with Crippen molar-refractivity contribution < 1.29 is 19.1 Å². The minimum Gasteiger partial charge on any atom is -0.496 e. The number of aromatic amines is 1. The zero-order valence-electron chi connectivity index (χ0n) is 20.1. The molecule has 4 atom stereocenters. The first-order valence-electron chi connectivity index (χ1n) is 11.7. The van der Waals surface area contributed by atoms with Crippen molar-refractivity contribution in [1.82, 2.24) is 20.9 Å². The van der Waals surface area contributed by atoms with E-state index in [0.29, 0.717) is 37.3 Å². The van der Waals surface area contributed by atoms with Gasteiger partial charge < -0.3 is 25.7 Å². The van der Waals surface area contributed by atoms with Gasteiger partial charge in [-0.05, 0) is 50.3 Å².